The van der Waals surface area contributed by atoms with Crippen molar-refractivity contribution in [2.75, 3.05) is 26.8 Å². The maximum Gasteiger partial charge on any atom is 0.309 e. The molecule has 1 aliphatic heterocycles. The molecule has 1 unspecified atom stereocenters. The summed E-state index contributed by atoms with van der Waals surface area (Å²) in [4.78, 5) is 23.7. The number of nitrogens with zero attached hydrogens (tertiary/aromatic N) is 1. The number of sulfonamides is 1. The summed E-state index contributed by atoms with van der Waals surface area (Å²) in [6.45, 7) is 5.73. The second kappa shape index (κ2) is 9.35. The van der Waals surface area contributed by atoms with Crippen molar-refractivity contribution in [3.05, 3.63) is 23.8 Å². The molecule has 28 heavy (non-hydrogen) atoms. The lowest BCUT2D eigenvalue weighted by atomic mass is 10.2. The zero-order valence-corrected chi connectivity index (χ0v) is 17.3. The lowest BCUT2D eigenvalue weighted by Gasteiger charge is -2.34. The number of benzene rings is 1. The van der Waals surface area contributed by atoms with Gasteiger partial charge in [0.2, 0.25) is 10.0 Å². The molecule has 1 heterocycles. The fourth-order valence-corrected chi connectivity index (χ4v) is 4.49. The molecule has 1 atom stereocenters. The molecule has 0 aromatic heterocycles. The number of methoxy groups -OCH3 is 1. The zero-order valence-electron chi connectivity index (χ0n) is 16.5. The molecule has 10 heteroatoms. The Morgan fingerprint density at radius 2 is 2.04 bits per heavy atom. The normalized spacial score (nSPS) is 18.0. The van der Waals surface area contributed by atoms with Crippen LogP contribution in [0.15, 0.2) is 23.1 Å². The van der Waals surface area contributed by atoms with E-state index in [0.717, 1.165) is 0 Å². The Hall–Kier alpha value is -2.17. The summed E-state index contributed by atoms with van der Waals surface area (Å²) in [5.74, 6) is -1.01. The van der Waals surface area contributed by atoms with Crippen molar-refractivity contribution >= 4 is 21.8 Å². The van der Waals surface area contributed by atoms with Crippen LogP contribution >= 0.6 is 0 Å². The zero-order chi connectivity index (χ0) is 20.9. The number of amides is 2. The molecular formula is C18H27N3O6S. The van der Waals surface area contributed by atoms with Crippen LogP contribution in [-0.2, 0) is 24.3 Å². The highest BCUT2D eigenvalue weighted by Gasteiger charge is 2.35. The number of hydrogen-bond acceptors (Lipinski definition) is 6. The molecule has 1 aromatic rings. The van der Waals surface area contributed by atoms with Crippen LogP contribution in [0.3, 0.4) is 0 Å². The predicted molar refractivity (Wildman–Crippen MR) is 102 cm³/mol. The van der Waals surface area contributed by atoms with Gasteiger partial charge in [-0.3, -0.25) is 9.59 Å². The maximum absolute atomic E-state index is 13.1. The van der Waals surface area contributed by atoms with E-state index in [1.165, 1.54) is 23.5 Å². The third-order valence-electron chi connectivity index (χ3n) is 4.19. The van der Waals surface area contributed by atoms with Gasteiger partial charge in [0.25, 0.3) is 0 Å². The lowest BCUT2D eigenvalue weighted by Crippen LogP contribution is -2.53. The van der Waals surface area contributed by atoms with Gasteiger partial charge in [-0.05, 0) is 51.0 Å². The van der Waals surface area contributed by atoms with E-state index in [1.54, 1.807) is 26.8 Å². The number of hydrogen-bond donors (Lipinski definition) is 2. The second-order valence-electron chi connectivity index (χ2n) is 6.76. The van der Waals surface area contributed by atoms with Gasteiger partial charge in [0.15, 0.2) is 0 Å². The Morgan fingerprint density at radius 3 is 2.64 bits per heavy atom. The number of ether oxygens (including phenoxy) is 2. The highest BCUT2D eigenvalue weighted by atomic mass is 32.2. The summed E-state index contributed by atoms with van der Waals surface area (Å²) < 4.78 is 38.1. The standard InChI is InChI=1S/C18H27N3O6S/c1-12(2)20-18(23)17(22)19-11-16-21(8-5-9-27-16)28(24,25)14-6-7-15(26-4)13(3)10-14/h6-7,10,12,16H,5,8-9,11H2,1-4H3,(H,19,22)(H,20,23). The van der Waals surface area contributed by atoms with Crippen molar-refractivity contribution in [2.45, 2.75) is 44.4 Å². The second-order valence-corrected chi connectivity index (χ2v) is 8.65. The summed E-state index contributed by atoms with van der Waals surface area (Å²) in [6, 6.07) is 4.43. The maximum atomic E-state index is 13.1. The Morgan fingerprint density at radius 1 is 1.32 bits per heavy atom. The molecule has 0 bridgehead atoms. The number of carbonyl (C=O) groups is 2. The van der Waals surface area contributed by atoms with E-state index in [2.05, 4.69) is 10.6 Å². The molecule has 1 aromatic carbocycles. The van der Waals surface area contributed by atoms with Crippen LogP contribution in [0.4, 0.5) is 0 Å². The Balaban J connectivity index is 2.14. The van der Waals surface area contributed by atoms with Crippen LogP contribution in [0, 0.1) is 6.92 Å². The predicted octanol–water partition coefficient (Wildman–Crippen LogP) is 0.382. The molecule has 1 fully saturated rings. The molecular weight excluding hydrogens is 386 g/mol. The van der Waals surface area contributed by atoms with Gasteiger partial charge in [0.1, 0.15) is 12.0 Å². The molecule has 1 aliphatic rings. The fraction of sp³-hybridized carbons (Fsp3) is 0.556. The molecule has 0 spiro atoms. The molecule has 2 amide bonds. The molecule has 0 saturated carbocycles. The van der Waals surface area contributed by atoms with E-state index in [0.29, 0.717) is 24.3 Å². The third kappa shape index (κ3) is 5.21. The quantitative estimate of drug-likeness (QED) is 0.652. The van der Waals surface area contributed by atoms with Crippen LogP contribution < -0.4 is 15.4 Å². The smallest absolute Gasteiger partial charge is 0.309 e. The first-order valence-electron chi connectivity index (χ1n) is 9.03. The van der Waals surface area contributed by atoms with E-state index in [-0.39, 0.29) is 24.0 Å². The minimum absolute atomic E-state index is 0.116. The third-order valence-corrected chi connectivity index (χ3v) is 6.08. The van der Waals surface area contributed by atoms with E-state index >= 15 is 0 Å². The molecule has 9 nitrogen and oxygen atoms in total. The van der Waals surface area contributed by atoms with Gasteiger partial charge in [-0.1, -0.05) is 0 Å². The van der Waals surface area contributed by atoms with Gasteiger partial charge in [-0.25, -0.2) is 8.42 Å². The number of carbonyl (C=O) groups excluding carboxylic acids is 2. The fourth-order valence-electron chi connectivity index (χ4n) is 2.84. The van der Waals surface area contributed by atoms with Gasteiger partial charge in [0.05, 0.1) is 25.2 Å². The van der Waals surface area contributed by atoms with Crippen molar-refractivity contribution in [2.24, 2.45) is 0 Å². The number of nitrogens with one attached hydrogen (secondary N) is 2. The minimum atomic E-state index is -3.84. The summed E-state index contributed by atoms with van der Waals surface area (Å²) in [5.41, 5.74) is 0.691. The number of aryl methyl sites for hydroxylation is 1. The highest BCUT2D eigenvalue weighted by molar-refractivity contribution is 7.89. The van der Waals surface area contributed by atoms with Gasteiger partial charge in [0, 0.05) is 12.6 Å². The SMILES string of the molecule is COc1ccc(S(=O)(=O)N2CCCOC2CNC(=O)C(=O)NC(C)C)cc1C. The summed E-state index contributed by atoms with van der Waals surface area (Å²) in [7, 11) is -2.33. The van der Waals surface area contributed by atoms with E-state index < -0.39 is 28.1 Å². The monoisotopic (exact) mass is 413 g/mol. The van der Waals surface area contributed by atoms with Gasteiger partial charge in [-0.15, -0.1) is 0 Å². The minimum Gasteiger partial charge on any atom is -0.496 e. The largest absolute Gasteiger partial charge is 0.496 e. The highest BCUT2D eigenvalue weighted by Crippen LogP contribution is 2.26. The van der Waals surface area contributed by atoms with Crippen LogP contribution in [0.1, 0.15) is 25.8 Å². The molecule has 2 rings (SSSR count). The van der Waals surface area contributed by atoms with Crippen molar-refractivity contribution in [1.29, 1.82) is 0 Å². The van der Waals surface area contributed by atoms with E-state index in [4.69, 9.17) is 9.47 Å². The van der Waals surface area contributed by atoms with Gasteiger partial charge < -0.3 is 20.1 Å². The Bertz CT molecular complexity index is 825. The summed E-state index contributed by atoms with van der Waals surface area (Å²) in [6.07, 6.45) is -0.357. The lowest BCUT2D eigenvalue weighted by molar-refractivity contribution is -0.140. The molecule has 0 aliphatic carbocycles. The van der Waals surface area contributed by atoms with Crippen molar-refractivity contribution in [3.8, 4) is 5.75 Å². The van der Waals surface area contributed by atoms with Crippen LogP contribution in [0.25, 0.3) is 0 Å². The van der Waals surface area contributed by atoms with E-state index in [1.807, 2.05) is 0 Å². The van der Waals surface area contributed by atoms with Gasteiger partial charge in [-0.2, -0.15) is 4.31 Å². The average molecular weight is 413 g/mol. The van der Waals surface area contributed by atoms with Crippen LogP contribution in [0.2, 0.25) is 0 Å². The first-order valence-corrected chi connectivity index (χ1v) is 10.5. The Kier molecular flexibility index (Phi) is 7.39. The van der Waals surface area contributed by atoms with Gasteiger partial charge >= 0.3 is 11.8 Å². The topological polar surface area (TPSA) is 114 Å². The van der Waals surface area contributed by atoms with Crippen molar-refractivity contribution in [3.63, 3.8) is 0 Å². The summed E-state index contributed by atoms with van der Waals surface area (Å²) >= 11 is 0. The molecule has 1 saturated heterocycles. The van der Waals surface area contributed by atoms with E-state index in [9.17, 15) is 18.0 Å². The first-order chi connectivity index (χ1) is 13.2. The van der Waals surface area contributed by atoms with Crippen LogP contribution in [0.5, 0.6) is 5.75 Å². The summed E-state index contributed by atoms with van der Waals surface area (Å²) in [5, 5.41) is 4.92. The van der Waals surface area contributed by atoms with Crippen LogP contribution in [-0.4, -0.2) is 63.6 Å². The number of rotatable bonds is 6. The van der Waals surface area contributed by atoms with Crippen molar-refractivity contribution in [1.82, 2.24) is 14.9 Å². The average Bonchev–Trinajstić information content (AvgIpc) is 2.65. The van der Waals surface area contributed by atoms with Crippen molar-refractivity contribution < 1.29 is 27.5 Å². The Labute approximate surface area is 165 Å². The molecule has 0 radical (unpaired) electrons. The molecule has 156 valence electrons. The molecule has 2 N–H and O–H groups in total. The first kappa shape index (κ1) is 22.1.